The summed E-state index contributed by atoms with van der Waals surface area (Å²) in [4.78, 5) is 2.59. The summed E-state index contributed by atoms with van der Waals surface area (Å²) in [6, 6.07) is 0.740. The molecule has 0 aromatic heterocycles. The molecule has 1 fully saturated rings. The van der Waals surface area contributed by atoms with Gasteiger partial charge in [0.25, 0.3) is 0 Å². The van der Waals surface area contributed by atoms with E-state index in [-0.39, 0.29) is 6.04 Å². The summed E-state index contributed by atoms with van der Waals surface area (Å²) in [6.07, 6.45) is 17.3. The number of hydrogen-bond acceptors (Lipinski definition) is 3. The summed E-state index contributed by atoms with van der Waals surface area (Å²) in [5.41, 5.74) is 0. The van der Waals surface area contributed by atoms with Crippen LogP contribution in [0.5, 0.6) is 0 Å². The standard InChI is InChI=1S/C21H44N2O2S/c1-5-7-9-11-13-15-21(16-14-12-10-8-6-2)22-17-18-23(20(3)19-22)26(4,24)25/h20-21H,5-19H2,1-4H3/t20-/m1/s1. The molecular weight excluding hydrogens is 344 g/mol. The molecule has 5 heteroatoms. The molecule has 1 saturated heterocycles. The van der Waals surface area contributed by atoms with Crippen LogP contribution in [0, 0.1) is 0 Å². The van der Waals surface area contributed by atoms with E-state index in [4.69, 9.17) is 0 Å². The first-order chi connectivity index (χ1) is 12.4. The van der Waals surface area contributed by atoms with Gasteiger partial charge in [-0.1, -0.05) is 78.1 Å². The lowest BCUT2D eigenvalue weighted by molar-refractivity contribution is 0.0905. The SMILES string of the molecule is CCCCCCCC(CCCCCCC)N1CCN(S(C)(=O)=O)[C@H](C)C1. The topological polar surface area (TPSA) is 40.6 Å². The Morgan fingerprint density at radius 1 is 0.846 bits per heavy atom. The highest BCUT2D eigenvalue weighted by Crippen LogP contribution is 2.22. The second-order valence-corrected chi connectivity index (χ2v) is 10.2. The highest BCUT2D eigenvalue weighted by Gasteiger charge is 2.32. The van der Waals surface area contributed by atoms with Crippen LogP contribution in [-0.4, -0.2) is 55.6 Å². The molecule has 1 atom stereocenters. The third kappa shape index (κ3) is 9.18. The summed E-state index contributed by atoms with van der Waals surface area (Å²) in [5.74, 6) is 0. The molecular formula is C21H44N2O2S. The van der Waals surface area contributed by atoms with Crippen LogP contribution in [0.2, 0.25) is 0 Å². The van der Waals surface area contributed by atoms with Crippen molar-refractivity contribution in [2.75, 3.05) is 25.9 Å². The third-order valence-corrected chi connectivity index (χ3v) is 7.22. The minimum absolute atomic E-state index is 0.0985. The van der Waals surface area contributed by atoms with Gasteiger partial charge in [0.1, 0.15) is 0 Å². The molecule has 0 spiro atoms. The van der Waals surface area contributed by atoms with Crippen LogP contribution in [0.3, 0.4) is 0 Å². The molecule has 1 rings (SSSR count). The zero-order valence-electron chi connectivity index (χ0n) is 17.9. The van der Waals surface area contributed by atoms with E-state index in [0.717, 1.165) is 13.1 Å². The largest absolute Gasteiger partial charge is 0.297 e. The Morgan fingerprint density at radius 3 is 1.77 bits per heavy atom. The molecule has 0 aromatic rings. The van der Waals surface area contributed by atoms with Crippen molar-refractivity contribution < 1.29 is 8.42 Å². The second-order valence-electron chi connectivity index (χ2n) is 8.28. The fraction of sp³-hybridized carbons (Fsp3) is 1.00. The molecule has 4 nitrogen and oxygen atoms in total. The summed E-state index contributed by atoms with van der Waals surface area (Å²) in [6.45, 7) is 9.03. The van der Waals surface area contributed by atoms with Crippen LogP contribution >= 0.6 is 0 Å². The van der Waals surface area contributed by atoms with Crippen molar-refractivity contribution >= 4 is 10.0 Å². The highest BCUT2D eigenvalue weighted by molar-refractivity contribution is 7.88. The Labute approximate surface area is 163 Å². The van der Waals surface area contributed by atoms with Crippen molar-refractivity contribution in [1.29, 1.82) is 0 Å². The maximum atomic E-state index is 11.9. The average Bonchev–Trinajstić information content (AvgIpc) is 2.58. The molecule has 0 aliphatic carbocycles. The van der Waals surface area contributed by atoms with E-state index in [1.165, 1.54) is 83.3 Å². The van der Waals surface area contributed by atoms with E-state index in [1.807, 2.05) is 0 Å². The molecule has 0 saturated carbocycles. The first kappa shape index (κ1) is 23.9. The lowest BCUT2D eigenvalue weighted by atomic mass is 9.98. The number of nitrogens with zero attached hydrogens (tertiary/aromatic N) is 2. The first-order valence-electron chi connectivity index (χ1n) is 11.1. The fourth-order valence-corrected chi connectivity index (χ4v) is 5.40. The number of unbranched alkanes of at least 4 members (excludes halogenated alkanes) is 8. The van der Waals surface area contributed by atoms with Crippen molar-refractivity contribution in [1.82, 2.24) is 9.21 Å². The quantitative estimate of drug-likeness (QED) is 0.391. The van der Waals surface area contributed by atoms with Crippen LogP contribution < -0.4 is 0 Å². The number of rotatable bonds is 14. The Kier molecular flexibility index (Phi) is 12.1. The predicted octanol–water partition coefficient (Wildman–Crippen LogP) is 5.04. The minimum Gasteiger partial charge on any atom is -0.297 e. The molecule has 0 aromatic carbocycles. The van der Waals surface area contributed by atoms with E-state index in [2.05, 4.69) is 25.7 Å². The monoisotopic (exact) mass is 388 g/mol. The van der Waals surface area contributed by atoms with E-state index in [0.29, 0.717) is 12.6 Å². The molecule has 1 aliphatic rings. The molecule has 0 bridgehead atoms. The van der Waals surface area contributed by atoms with Crippen molar-refractivity contribution in [3.63, 3.8) is 0 Å². The molecule has 156 valence electrons. The van der Waals surface area contributed by atoms with Gasteiger partial charge in [0, 0.05) is 31.7 Å². The summed E-state index contributed by atoms with van der Waals surface area (Å²) in [7, 11) is -3.07. The van der Waals surface area contributed by atoms with Crippen molar-refractivity contribution in [2.45, 2.75) is 110 Å². The summed E-state index contributed by atoms with van der Waals surface area (Å²) in [5, 5.41) is 0. The van der Waals surface area contributed by atoms with Gasteiger partial charge in [-0.15, -0.1) is 0 Å². The molecule has 26 heavy (non-hydrogen) atoms. The Morgan fingerprint density at radius 2 is 1.35 bits per heavy atom. The fourth-order valence-electron chi connectivity index (χ4n) is 4.27. The number of piperazine rings is 1. The molecule has 1 heterocycles. The Balaban J connectivity index is 2.51. The molecule has 1 aliphatic heterocycles. The minimum atomic E-state index is -3.07. The van der Waals surface area contributed by atoms with E-state index in [1.54, 1.807) is 4.31 Å². The lowest BCUT2D eigenvalue weighted by Gasteiger charge is -2.42. The maximum Gasteiger partial charge on any atom is 0.211 e. The van der Waals surface area contributed by atoms with Gasteiger partial charge in [-0.2, -0.15) is 4.31 Å². The van der Waals surface area contributed by atoms with Crippen molar-refractivity contribution in [3.05, 3.63) is 0 Å². The van der Waals surface area contributed by atoms with E-state index in [9.17, 15) is 8.42 Å². The van der Waals surface area contributed by atoms with Gasteiger partial charge in [-0.25, -0.2) is 8.42 Å². The third-order valence-electron chi connectivity index (χ3n) is 5.82. The van der Waals surface area contributed by atoms with Crippen molar-refractivity contribution in [3.8, 4) is 0 Å². The van der Waals surface area contributed by atoms with Crippen LogP contribution in [0.25, 0.3) is 0 Å². The maximum absolute atomic E-state index is 11.9. The van der Waals surface area contributed by atoms with Gasteiger partial charge >= 0.3 is 0 Å². The smallest absolute Gasteiger partial charge is 0.211 e. The zero-order valence-corrected chi connectivity index (χ0v) is 18.7. The molecule has 0 unspecified atom stereocenters. The normalized spacial score (nSPS) is 20.1. The molecule has 0 radical (unpaired) electrons. The van der Waals surface area contributed by atoms with Crippen LogP contribution in [-0.2, 0) is 10.0 Å². The summed E-state index contributed by atoms with van der Waals surface area (Å²) < 4.78 is 25.5. The van der Waals surface area contributed by atoms with Gasteiger partial charge in [-0.3, -0.25) is 4.90 Å². The first-order valence-corrected chi connectivity index (χ1v) is 13.0. The molecule has 0 amide bonds. The van der Waals surface area contributed by atoms with Gasteiger partial charge in [0.05, 0.1) is 6.26 Å². The summed E-state index contributed by atoms with van der Waals surface area (Å²) >= 11 is 0. The zero-order chi connectivity index (χ0) is 19.4. The predicted molar refractivity (Wildman–Crippen MR) is 113 cm³/mol. The second kappa shape index (κ2) is 13.1. The van der Waals surface area contributed by atoms with Crippen LogP contribution in [0.15, 0.2) is 0 Å². The van der Waals surface area contributed by atoms with Gasteiger partial charge in [0.2, 0.25) is 10.0 Å². The van der Waals surface area contributed by atoms with E-state index < -0.39 is 10.0 Å². The lowest BCUT2D eigenvalue weighted by Crippen LogP contribution is -2.56. The number of hydrogen-bond donors (Lipinski definition) is 0. The van der Waals surface area contributed by atoms with Gasteiger partial charge in [-0.05, 0) is 19.8 Å². The number of sulfonamides is 1. The Bertz CT molecular complexity index is 439. The van der Waals surface area contributed by atoms with Crippen LogP contribution in [0.4, 0.5) is 0 Å². The molecule has 0 N–H and O–H groups in total. The van der Waals surface area contributed by atoms with Gasteiger partial charge in [0.15, 0.2) is 0 Å². The van der Waals surface area contributed by atoms with Gasteiger partial charge < -0.3 is 0 Å². The Hall–Kier alpha value is -0.130. The van der Waals surface area contributed by atoms with Crippen molar-refractivity contribution in [2.24, 2.45) is 0 Å². The van der Waals surface area contributed by atoms with E-state index >= 15 is 0 Å². The average molecular weight is 389 g/mol. The van der Waals surface area contributed by atoms with Crippen LogP contribution in [0.1, 0.15) is 97.8 Å². The highest BCUT2D eigenvalue weighted by atomic mass is 32.2.